The maximum Gasteiger partial charge on any atom is 0.329 e. The van der Waals surface area contributed by atoms with Gasteiger partial charge in [-0.05, 0) is 64.0 Å². The molecule has 0 aliphatic carbocycles. The lowest BCUT2D eigenvalue weighted by Crippen LogP contribution is -2.57. The van der Waals surface area contributed by atoms with Crippen molar-refractivity contribution in [1.82, 2.24) is 10.6 Å². The molecule has 4 rings (SSSR count). The number of nitrogens with one attached hydrogen (secondary N) is 2. The molecule has 1 aromatic carbocycles. The first-order valence-corrected chi connectivity index (χ1v) is 27.0. The summed E-state index contributed by atoms with van der Waals surface area (Å²) in [5.74, 6) is -4.87. The number of ether oxygens (including phenoxy) is 6. The van der Waals surface area contributed by atoms with E-state index in [0.717, 1.165) is 11.1 Å². The first-order chi connectivity index (χ1) is 35.4. The highest BCUT2D eigenvalue weighted by Gasteiger charge is 2.46. The van der Waals surface area contributed by atoms with E-state index >= 15 is 0 Å². The van der Waals surface area contributed by atoms with Crippen LogP contribution in [0.1, 0.15) is 126 Å². The third-order valence-corrected chi connectivity index (χ3v) is 16.0. The van der Waals surface area contributed by atoms with Crippen LogP contribution in [0.15, 0.2) is 90.1 Å². The fourth-order valence-electron chi connectivity index (χ4n) is 10.3. The highest BCUT2D eigenvalue weighted by molar-refractivity contribution is 5.92. The van der Waals surface area contributed by atoms with Gasteiger partial charge in [0.25, 0.3) is 0 Å². The number of rotatable bonds is 27. The number of hydrogen-bond donors (Lipinski definition) is 7. The van der Waals surface area contributed by atoms with Crippen molar-refractivity contribution >= 4 is 17.8 Å². The molecule has 3 fully saturated rings. The zero-order valence-electron chi connectivity index (χ0n) is 46.9. The van der Waals surface area contributed by atoms with Crippen molar-refractivity contribution in [2.45, 2.75) is 193 Å². The van der Waals surface area contributed by atoms with E-state index < -0.39 is 95.8 Å². The lowest BCUT2D eigenvalue weighted by molar-refractivity contribution is -0.281. The number of cyclic esters (lactones) is 1. The van der Waals surface area contributed by atoms with Crippen molar-refractivity contribution in [2.75, 3.05) is 27.9 Å². The summed E-state index contributed by atoms with van der Waals surface area (Å²) in [6.45, 7) is 18.4. The monoisotopic (exact) mass is 1050 g/mol. The fourth-order valence-corrected chi connectivity index (χ4v) is 10.3. The number of methoxy groups -OCH3 is 3. The van der Waals surface area contributed by atoms with Crippen LogP contribution in [0, 0.1) is 35.5 Å². The molecule has 3 aliphatic heterocycles. The molecule has 0 bridgehead atoms. The van der Waals surface area contributed by atoms with Crippen LogP contribution < -0.4 is 10.6 Å². The zero-order chi connectivity index (χ0) is 55.8. The standard InChI is InChI=1S/C59H92N2O14/c1-14-46(52(64)38(6)22-18-19-26-44-31-45(70-11)33-59(72-13,75-44)30-29-36(4)21-20-25-43-34-73-41(9)58(10,69)54(43)65)47(62)28-27-37(5)48(63)32-49(71-12)39(7)55(66)60-50(35(2)3)56(67)61-51-40(8)53(74-57(51)68)42-23-16-15-17-24-42/h15-27,35,38-41,43-54,62-65,69H,14,28-34H2,1-13H3,(H,60,66)(H,61,67)/b22-18+,25-20+,26-19+,36-21+,37-27+/t38-,39+,40+,41-,43-,44-,45-,46+,47+,48+,49-,50-,51+,52-,53+,54-,58-,59+/m1/s1. The molecule has 18 atom stereocenters. The molecule has 2 amide bonds. The summed E-state index contributed by atoms with van der Waals surface area (Å²) in [5, 5.41) is 61.1. The van der Waals surface area contributed by atoms with E-state index in [1.807, 2.05) is 101 Å². The quantitative estimate of drug-likeness (QED) is 0.0275. The van der Waals surface area contributed by atoms with Crippen molar-refractivity contribution in [3.63, 3.8) is 0 Å². The first-order valence-electron chi connectivity index (χ1n) is 27.0. The number of carbonyl (C=O) groups excluding carboxylic acids is 3. The van der Waals surface area contributed by atoms with E-state index in [1.54, 1.807) is 61.8 Å². The Kier molecular flexibility index (Phi) is 25.1. The summed E-state index contributed by atoms with van der Waals surface area (Å²) in [7, 11) is 4.79. The maximum atomic E-state index is 13.6. The SMILES string of the molecule is CC[C@H]([C@H](O)[C@H](C)/C=C/C=C/[C@@H]1C[C@@H](OC)C[C@@](CC/C(C)=C/C=C/[C@@H]2CO[C@H](C)[C@@](C)(O)[C@@H]2O)(OC)O1)[C@@H](O)C/C=C(\C)[C@@H](O)C[C@@H](OC)[C@H](C)C(=O)N[C@@H](C(=O)N[C@@H]1C(=O)O[C@H](c2ccccc2)[C@H]1C)C(C)C. The van der Waals surface area contributed by atoms with E-state index in [-0.39, 0.29) is 48.7 Å². The van der Waals surface area contributed by atoms with Gasteiger partial charge in [-0.25, -0.2) is 4.79 Å². The Balaban J connectivity index is 1.27. The minimum Gasteiger partial charge on any atom is -0.456 e. The highest BCUT2D eigenvalue weighted by Crippen LogP contribution is 2.38. The molecule has 3 aliphatic rings. The van der Waals surface area contributed by atoms with E-state index in [2.05, 4.69) is 10.6 Å². The number of hydrogen-bond acceptors (Lipinski definition) is 14. The number of aliphatic hydroxyl groups is 5. The molecular formula is C59H92N2O14. The Morgan fingerprint density at radius 1 is 0.973 bits per heavy atom. The summed E-state index contributed by atoms with van der Waals surface area (Å²) in [5.41, 5.74) is 1.17. The Morgan fingerprint density at radius 3 is 2.29 bits per heavy atom. The number of benzene rings is 1. The van der Waals surface area contributed by atoms with E-state index in [1.165, 1.54) is 7.11 Å². The van der Waals surface area contributed by atoms with Crippen LogP contribution >= 0.6 is 0 Å². The fraction of sp³-hybridized carbons (Fsp3) is 0.678. The van der Waals surface area contributed by atoms with Gasteiger partial charge in [-0.15, -0.1) is 0 Å². The van der Waals surface area contributed by atoms with Gasteiger partial charge in [-0.2, -0.15) is 0 Å². The maximum absolute atomic E-state index is 13.6. The molecule has 0 radical (unpaired) electrons. The average molecular weight is 1050 g/mol. The van der Waals surface area contributed by atoms with Crippen LogP contribution in [0.25, 0.3) is 0 Å². The van der Waals surface area contributed by atoms with Crippen molar-refractivity contribution in [3.05, 3.63) is 95.6 Å². The van der Waals surface area contributed by atoms with Gasteiger partial charge >= 0.3 is 5.97 Å². The van der Waals surface area contributed by atoms with Gasteiger partial charge in [0.1, 0.15) is 23.8 Å². The molecule has 0 spiro atoms. The van der Waals surface area contributed by atoms with Gasteiger partial charge < -0.3 is 64.6 Å². The topological polar surface area (TPSA) is 232 Å². The Hall–Kier alpha value is -4.07. The summed E-state index contributed by atoms with van der Waals surface area (Å²) >= 11 is 0. The number of carbonyl (C=O) groups is 3. The van der Waals surface area contributed by atoms with Crippen LogP contribution in [0.4, 0.5) is 0 Å². The Labute approximate surface area is 447 Å². The van der Waals surface area contributed by atoms with Gasteiger partial charge in [0.05, 0.1) is 61.4 Å². The predicted molar refractivity (Wildman–Crippen MR) is 288 cm³/mol. The van der Waals surface area contributed by atoms with Gasteiger partial charge in [0.2, 0.25) is 11.8 Å². The largest absolute Gasteiger partial charge is 0.456 e. The molecule has 3 saturated heterocycles. The second kappa shape index (κ2) is 29.6. The van der Waals surface area contributed by atoms with Crippen molar-refractivity contribution in [3.8, 4) is 0 Å². The van der Waals surface area contributed by atoms with Gasteiger partial charge in [-0.3, -0.25) is 9.59 Å². The smallest absolute Gasteiger partial charge is 0.329 e. The van der Waals surface area contributed by atoms with E-state index in [9.17, 15) is 39.9 Å². The lowest BCUT2D eigenvalue weighted by Gasteiger charge is -2.42. The molecule has 16 heteroatoms. The third kappa shape index (κ3) is 17.5. The van der Waals surface area contributed by atoms with Crippen LogP contribution in [-0.2, 0) is 42.8 Å². The minimum atomic E-state index is -1.33. The summed E-state index contributed by atoms with van der Waals surface area (Å²) < 4.78 is 35.4. The molecule has 0 unspecified atom stereocenters. The van der Waals surface area contributed by atoms with Gasteiger partial charge in [-0.1, -0.05) is 126 Å². The van der Waals surface area contributed by atoms with Gasteiger partial charge in [0, 0.05) is 70.7 Å². The number of amides is 2. The molecule has 3 heterocycles. The van der Waals surface area contributed by atoms with Crippen molar-refractivity contribution in [2.24, 2.45) is 35.5 Å². The van der Waals surface area contributed by atoms with Crippen LogP contribution in [0.5, 0.6) is 0 Å². The van der Waals surface area contributed by atoms with Crippen LogP contribution in [0.3, 0.4) is 0 Å². The zero-order valence-corrected chi connectivity index (χ0v) is 46.9. The van der Waals surface area contributed by atoms with Crippen molar-refractivity contribution in [1.29, 1.82) is 0 Å². The third-order valence-electron chi connectivity index (χ3n) is 16.0. The summed E-state index contributed by atoms with van der Waals surface area (Å²) in [6, 6.07) is 7.50. The summed E-state index contributed by atoms with van der Waals surface area (Å²) in [4.78, 5) is 40.1. The molecular weight excluding hydrogens is 961 g/mol. The highest BCUT2D eigenvalue weighted by atomic mass is 16.7. The lowest BCUT2D eigenvalue weighted by atomic mass is 9.82. The summed E-state index contributed by atoms with van der Waals surface area (Å²) in [6.07, 6.45) is 12.6. The molecule has 422 valence electrons. The van der Waals surface area contributed by atoms with Gasteiger partial charge in [0.15, 0.2) is 5.79 Å². The van der Waals surface area contributed by atoms with E-state index in [0.29, 0.717) is 44.3 Å². The van der Waals surface area contributed by atoms with Crippen molar-refractivity contribution < 1.29 is 68.3 Å². The molecule has 7 N–H and O–H groups in total. The Morgan fingerprint density at radius 2 is 1.67 bits per heavy atom. The predicted octanol–water partition coefficient (Wildman–Crippen LogP) is 6.75. The van der Waals surface area contributed by atoms with Crippen LogP contribution in [0.2, 0.25) is 0 Å². The normalized spacial score (nSPS) is 31.3. The average Bonchev–Trinajstić information content (AvgIpc) is 3.67. The minimum absolute atomic E-state index is 0.0689. The molecule has 0 aromatic heterocycles. The number of esters is 1. The Bertz CT molecular complexity index is 2110. The molecule has 16 nitrogen and oxygen atoms in total. The second-order valence-electron chi connectivity index (χ2n) is 21.9. The first kappa shape index (κ1) is 63.5. The van der Waals surface area contributed by atoms with E-state index in [4.69, 9.17) is 28.4 Å². The molecule has 1 aromatic rings. The molecule has 75 heavy (non-hydrogen) atoms. The number of aliphatic hydroxyl groups excluding tert-OH is 4. The van der Waals surface area contributed by atoms with Crippen LogP contribution in [-0.4, -0.2) is 144 Å². The number of allylic oxidation sites excluding steroid dienone is 5. The second-order valence-corrected chi connectivity index (χ2v) is 21.9. The molecule has 0 saturated carbocycles.